The Morgan fingerprint density at radius 2 is 1.68 bits per heavy atom. The predicted octanol–water partition coefficient (Wildman–Crippen LogP) is 2.60. The van der Waals surface area contributed by atoms with E-state index in [2.05, 4.69) is 4.74 Å². The molecule has 6 nitrogen and oxygen atoms in total. The third kappa shape index (κ3) is 3.96. The van der Waals surface area contributed by atoms with E-state index in [9.17, 15) is 14.8 Å². The molecular formula is C13H17NO5. The molecule has 1 amide bonds. The average Bonchev–Trinajstić information content (AvgIpc) is 2.36. The molecule has 0 radical (unpaired) electrons. The molecule has 0 saturated heterocycles. The van der Waals surface area contributed by atoms with Crippen LogP contribution in [0.2, 0.25) is 0 Å². The minimum absolute atomic E-state index is 0.211. The second kappa shape index (κ2) is 5.71. The van der Waals surface area contributed by atoms with Crippen molar-refractivity contribution in [2.24, 2.45) is 5.41 Å². The molecule has 19 heavy (non-hydrogen) atoms. The molecule has 0 aliphatic rings. The second-order valence-corrected chi connectivity index (χ2v) is 4.92. The number of esters is 1. The van der Waals surface area contributed by atoms with Gasteiger partial charge in [-0.1, -0.05) is 0 Å². The molecule has 6 heteroatoms. The maximum Gasteiger partial charge on any atom is 0.438 e. The molecule has 0 saturated carbocycles. The highest BCUT2D eigenvalue weighted by Crippen LogP contribution is 2.22. The Labute approximate surface area is 111 Å². The van der Waals surface area contributed by atoms with Crippen LogP contribution in [0.25, 0.3) is 0 Å². The van der Waals surface area contributed by atoms with Gasteiger partial charge in [-0.2, -0.15) is 5.06 Å². The molecule has 0 atom stereocenters. The van der Waals surface area contributed by atoms with Crippen molar-refractivity contribution >= 4 is 17.7 Å². The number of hydrogen-bond acceptors (Lipinski definition) is 5. The van der Waals surface area contributed by atoms with Crippen LogP contribution in [0, 0.1) is 5.41 Å². The number of carbonyl (C=O) groups is 2. The summed E-state index contributed by atoms with van der Waals surface area (Å²) >= 11 is 0. The van der Waals surface area contributed by atoms with Gasteiger partial charge in [0.25, 0.3) is 0 Å². The number of benzene rings is 1. The number of rotatable bonds is 2. The van der Waals surface area contributed by atoms with E-state index in [1.165, 1.54) is 24.3 Å². The number of anilines is 1. The molecule has 0 unspecified atom stereocenters. The number of nitrogens with zero attached hydrogens (tertiary/aromatic N) is 1. The van der Waals surface area contributed by atoms with Gasteiger partial charge in [0.1, 0.15) is 5.75 Å². The van der Waals surface area contributed by atoms with E-state index in [0.717, 1.165) is 7.11 Å². The third-order valence-corrected chi connectivity index (χ3v) is 2.25. The molecule has 104 valence electrons. The van der Waals surface area contributed by atoms with Gasteiger partial charge in [0, 0.05) is 0 Å². The summed E-state index contributed by atoms with van der Waals surface area (Å²) in [4.78, 5) is 22.7. The van der Waals surface area contributed by atoms with Gasteiger partial charge < -0.3 is 9.47 Å². The smallest absolute Gasteiger partial charge is 0.438 e. The molecule has 0 heterocycles. The van der Waals surface area contributed by atoms with Crippen LogP contribution in [-0.4, -0.2) is 24.4 Å². The lowest BCUT2D eigenvalue weighted by Gasteiger charge is -2.17. The normalized spacial score (nSPS) is 10.8. The number of carbonyl (C=O) groups excluding carboxylic acids is 2. The van der Waals surface area contributed by atoms with Gasteiger partial charge in [0.05, 0.1) is 18.2 Å². The van der Waals surface area contributed by atoms with Crippen molar-refractivity contribution in [3.63, 3.8) is 0 Å². The molecule has 1 aromatic carbocycles. The van der Waals surface area contributed by atoms with E-state index in [-0.39, 0.29) is 11.7 Å². The van der Waals surface area contributed by atoms with Gasteiger partial charge in [-0.3, -0.25) is 10.0 Å². The Kier molecular flexibility index (Phi) is 4.50. The van der Waals surface area contributed by atoms with Crippen LogP contribution in [0.15, 0.2) is 24.3 Å². The number of ether oxygens (including phenoxy) is 2. The van der Waals surface area contributed by atoms with E-state index in [0.29, 0.717) is 10.8 Å². The van der Waals surface area contributed by atoms with E-state index in [4.69, 9.17) is 4.74 Å². The van der Waals surface area contributed by atoms with Crippen LogP contribution in [0.1, 0.15) is 20.8 Å². The Balaban J connectivity index is 2.77. The lowest BCUT2D eigenvalue weighted by Crippen LogP contribution is -2.27. The highest BCUT2D eigenvalue weighted by atomic mass is 16.6. The average molecular weight is 267 g/mol. The van der Waals surface area contributed by atoms with Gasteiger partial charge in [0.15, 0.2) is 0 Å². The van der Waals surface area contributed by atoms with Crippen LogP contribution in [0.4, 0.5) is 10.5 Å². The fraction of sp³-hybridized carbons (Fsp3) is 0.385. The third-order valence-electron chi connectivity index (χ3n) is 2.25. The van der Waals surface area contributed by atoms with Gasteiger partial charge in [-0.05, 0) is 45.0 Å². The molecule has 0 aliphatic heterocycles. The topological polar surface area (TPSA) is 76.1 Å². The summed E-state index contributed by atoms with van der Waals surface area (Å²) in [5.41, 5.74) is -0.393. The zero-order valence-corrected chi connectivity index (χ0v) is 11.3. The molecular weight excluding hydrogens is 250 g/mol. The fourth-order valence-corrected chi connectivity index (χ4v) is 1.11. The highest BCUT2D eigenvalue weighted by molar-refractivity contribution is 5.85. The van der Waals surface area contributed by atoms with Crippen LogP contribution < -0.4 is 9.80 Å². The van der Waals surface area contributed by atoms with Gasteiger partial charge in [-0.25, -0.2) is 4.79 Å². The predicted molar refractivity (Wildman–Crippen MR) is 68.2 cm³/mol. The lowest BCUT2D eigenvalue weighted by molar-refractivity contribution is -0.142. The zero-order valence-electron chi connectivity index (χ0n) is 11.3. The van der Waals surface area contributed by atoms with E-state index >= 15 is 0 Å². The van der Waals surface area contributed by atoms with Crippen molar-refractivity contribution in [2.75, 3.05) is 12.2 Å². The van der Waals surface area contributed by atoms with Crippen molar-refractivity contribution in [2.45, 2.75) is 20.8 Å². The summed E-state index contributed by atoms with van der Waals surface area (Å²) in [5, 5.41) is 9.80. The first-order chi connectivity index (χ1) is 8.75. The van der Waals surface area contributed by atoms with Crippen molar-refractivity contribution in [3.05, 3.63) is 24.3 Å². The highest BCUT2D eigenvalue weighted by Gasteiger charge is 2.23. The maximum atomic E-state index is 11.7. The minimum atomic E-state index is -0.903. The van der Waals surface area contributed by atoms with Crippen LogP contribution in [-0.2, 0) is 9.53 Å². The van der Waals surface area contributed by atoms with E-state index in [1.54, 1.807) is 20.8 Å². The monoisotopic (exact) mass is 267 g/mol. The molecule has 1 rings (SSSR count). The van der Waals surface area contributed by atoms with Gasteiger partial charge in [0.2, 0.25) is 0 Å². The fourth-order valence-electron chi connectivity index (χ4n) is 1.11. The van der Waals surface area contributed by atoms with Crippen LogP contribution in [0.3, 0.4) is 0 Å². The summed E-state index contributed by atoms with van der Waals surface area (Å²) in [7, 11) is 1.16. The first-order valence-corrected chi connectivity index (χ1v) is 5.65. The summed E-state index contributed by atoms with van der Waals surface area (Å²) in [6, 6.07) is 5.82. The van der Waals surface area contributed by atoms with Gasteiger partial charge in [-0.15, -0.1) is 0 Å². The number of hydroxylamine groups is 1. The van der Waals surface area contributed by atoms with Crippen molar-refractivity contribution in [1.29, 1.82) is 0 Å². The maximum absolute atomic E-state index is 11.7. The van der Waals surface area contributed by atoms with Crippen molar-refractivity contribution in [3.8, 4) is 5.75 Å². The molecule has 0 fully saturated rings. The second-order valence-electron chi connectivity index (χ2n) is 4.92. The first-order valence-electron chi connectivity index (χ1n) is 5.65. The lowest BCUT2D eigenvalue weighted by atomic mass is 9.97. The molecule has 0 aliphatic carbocycles. The van der Waals surface area contributed by atoms with E-state index < -0.39 is 11.5 Å². The zero-order chi connectivity index (χ0) is 14.6. The van der Waals surface area contributed by atoms with Crippen molar-refractivity contribution < 1.29 is 24.3 Å². The number of methoxy groups -OCH3 is 1. The molecule has 1 aromatic rings. The SMILES string of the molecule is COC(=O)N(O)c1ccc(OC(=O)C(C)(C)C)cc1. The molecule has 1 N–H and O–H groups in total. The molecule has 0 aromatic heterocycles. The standard InChI is InChI=1S/C13H17NO5/c1-13(2,3)11(15)19-10-7-5-9(6-8-10)14(17)12(16)18-4/h5-8,17H,1-4H3. The Hall–Kier alpha value is -2.08. The van der Waals surface area contributed by atoms with Crippen LogP contribution in [0.5, 0.6) is 5.75 Å². The molecule has 0 bridgehead atoms. The summed E-state index contributed by atoms with van der Waals surface area (Å²) in [6.45, 7) is 5.24. The van der Waals surface area contributed by atoms with Gasteiger partial charge >= 0.3 is 12.1 Å². The number of hydrogen-bond donors (Lipinski definition) is 1. The Bertz CT molecular complexity index is 461. The summed E-state index contributed by atoms with van der Waals surface area (Å²) in [5.74, 6) is -0.0315. The Morgan fingerprint density at radius 3 is 2.11 bits per heavy atom. The Morgan fingerprint density at radius 1 is 1.16 bits per heavy atom. The first kappa shape index (κ1) is 15.0. The quantitative estimate of drug-likeness (QED) is 0.386. The largest absolute Gasteiger partial charge is 0.451 e. The molecule has 0 spiro atoms. The minimum Gasteiger partial charge on any atom is -0.451 e. The summed E-state index contributed by atoms with van der Waals surface area (Å²) in [6.07, 6.45) is -0.903. The van der Waals surface area contributed by atoms with Crippen molar-refractivity contribution in [1.82, 2.24) is 0 Å². The summed E-state index contributed by atoms with van der Waals surface area (Å²) < 4.78 is 9.50. The van der Waals surface area contributed by atoms with E-state index in [1.807, 2.05) is 0 Å². The van der Waals surface area contributed by atoms with Crippen LogP contribution >= 0.6 is 0 Å². The number of amides is 1.